The van der Waals surface area contributed by atoms with E-state index >= 15 is 0 Å². The predicted octanol–water partition coefficient (Wildman–Crippen LogP) is 8.72. The molecule has 0 heterocycles. The molecule has 0 saturated carbocycles. The quantitative estimate of drug-likeness (QED) is 0.0909. The minimum absolute atomic E-state index is 0.234. The lowest BCUT2D eigenvalue weighted by Gasteiger charge is -2.34. The van der Waals surface area contributed by atoms with E-state index in [-0.39, 0.29) is 5.91 Å². The first kappa shape index (κ1) is 30.4. The van der Waals surface area contributed by atoms with Crippen molar-refractivity contribution < 1.29 is 9.39 Å². The molecule has 0 aliphatic carbocycles. The number of amides is 1. The topological polar surface area (TPSA) is 29.1 Å². The molecule has 0 radical (unpaired) electrons. The molecule has 3 heteroatoms. The van der Waals surface area contributed by atoms with Crippen LogP contribution in [0, 0.1) is 0 Å². The van der Waals surface area contributed by atoms with Gasteiger partial charge in [-0.05, 0) is 27.2 Å². The van der Waals surface area contributed by atoms with Gasteiger partial charge in [-0.1, -0.05) is 122 Å². The van der Waals surface area contributed by atoms with Gasteiger partial charge in [-0.15, -0.1) is 0 Å². The summed E-state index contributed by atoms with van der Waals surface area (Å²) in [6.45, 7) is 11.7. The van der Waals surface area contributed by atoms with E-state index in [1.165, 1.54) is 116 Å². The summed E-state index contributed by atoms with van der Waals surface area (Å²) in [7, 11) is 0. The summed E-state index contributed by atoms with van der Waals surface area (Å²) in [4.78, 5) is 12.2. The normalized spacial score (nSPS) is 11.7. The Kier molecular flexibility index (Phi) is 22.2. The second-order valence-electron chi connectivity index (χ2n) is 9.74. The molecule has 3 nitrogen and oxygen atoms in total. The molecule has 0 aliphatic heterocycles. The number of carbonyl (C=O) groups excluding carboxylic acids is 1. The van der Waals surface area contributed by atoms with E-state index in [0.717, 1.165) is 30.6 Å². The molecule has 0 fully saturated rings. The van der Waals surface area contributed by atoms with Crippen LogP contribution in [0.25, 0.3) is 0 Å². The molecular weight excluding hydrogens is 380 g/mol. The molecule has 31 heavy (non-hydrogen) atoms. The fourth-order valence-corrected chi connectivity index (χ4v) is 4.59. The Labute approximate surface area is 196 Å². The van der Waals surface area contributed by atoms with E-state index in [0.29, 0.717) is 6.42 Å². The third kappa shape index (κ3) is 18.7. The first-order valence-corrected chi connectivity index (χ1v) is 14.3. The van der Waals surface area contributed by atoms with Gasteiger partial charge in [0, 0.05) is 6.42 Å². The Morgan fingerprint density at radius 3 is 1.06 bits per heavy atom. The average molecular weight is 440 g/mol. The van der Waals surface area contributed by atoms with Crippen molar-refractivity contribution in [1.29, 1.82) is 0 Å². The molecule has 1 N–H and O–H groups in total. The summed E-state index contributed by atoms with van der Waals surface area (Å²) in [5, 5.41) is 0. The number of nitrogens with one attached hydrogen (secondary N) is 1. The fraction of sp³-hybridized carbons (Fsp3) is 0.964. The van der Waals surface area contributed by atoms with Gasteiger partial charge in [0.05, 0.1) is 19.6 Å². The van der Waals surface area contributed by atoms with Crippen LogP contribution in [0.5, 0.6) is 0 Å². The average Bonchev–Trinajstić information content (AvgIpc) is 2.79. The highest BCUT2D eigenvalue weighted by Crippen LogP contribution is 2.15. The highest BCUT2D eigenvalue weighted by molar-refractivity contribution is 5.74. The van der Waals surface area contributed by atoms with Gasteiger partial charge >= 0.3 is 0 Å². The summed E-state index contributed by atoms with van der Waals surface area (Å²) in [5.74, 6) is 0.234. The van der Waals surface area contributed by atoms with Gasteiger partial charge in [-0.25, -0.2) is 10.0 Å². The number of unbranched alkanes of at least 4 members (excludes halogenated alkanes) is 18. The van der Waals surface area contributed by atoms with Crippen LogP contribution in [-0.4, -0.2) is 30.1 Å². The third-order valence-electron chi connectivity index (χ3n) is 7.19. The van der Waals surface area contributed by atoms with Crippen molar-refractivity contribution in [3.8, 4) is 0 Å². The Hall–Kier alpha value is -0.570. The molecular formula is C28H59N2O+. The lowest BCUT2D eigenvalue weighted by Crippen LogP contribution is -2.59. The number of rotatable bonds is 24. The largest absolute Gasteiger partial charge is 0.270 e. The highest BCUT2D eigenvalue weighted by Gasteiger charge is 2.23. The van der Waals surface area contributed by atoms with E-state index in [1.54, 1.807) is 0 Å². The molecule has 0 saturated heterocycles. The summed E-state index contributed by atoms with van der Waals surface area (Å²) >= 11 is 0. The molecule has 0 aromatic carbocycles. The van der Waals surface area contributed by atoms with Crippen molar-refractivity contribution >= 4 is 5.91 Å². The van der Waals surface area contributed by atoms with E-state index in [1.807, 2.05) is 0 Å². The van der Waals surface area contributed by atoms with Crippen LogP contribution in [0.1, 0.15) is 156 Å². The number of carbonyl (C=O) groups is 1. The Morgan fingerprint density at radius 1 is 0.484 bits per heavy atom. The maximum absolute atomic E-state index is 12.2. The summed E-state index contributed by atoms with van der Waals surface area (Å²) in [5.41, 5.74) is 3.24. The number of quaternary nitrogens is 1. The number of hydrogen-bond donors (Lipinski definition) is 1. The molecule has 0 unspecified atom stereocenters. The van der Waals surface area contributed by atoms with Gasteiger partial charge in [-0.3, -0.25) is 4.79 Å². The monoisotopic (exact) mass is 439 g/mol. The Morgan fingerprint density at radius 2 is 0.774 bits per heavy atom. The second kappa shape index (κ2) is 22.6. The molecule has 0 bridgehead atoms. The molecule has 0 spiro atoms. The zero-order chi connectivity index (χ0) is 23.0. The molecule has 0 aromatic rings. The standard InChI is InChI=1S/C28H58N2O/c1-5-9-10-11-12-13-14-15-16-17-18-19-20-21-22-23-24-25-26-27-28(31)29-30(6-2,7-3)8-4/h5-27H2,1-4H3/p+1. The van der Waals surface area contributed by atoms with Gasteiger partial charge < -0.3 is 0 Å². The van der Waals surface area contributed by atoms with E-state index in [2.05, 4.69) is 33.1 Å². The first-order valence-electron chi connectivity index (χ1n) is 14.3. The summed E-state index contributed by atoms with van der Waals surface area (Å²) in [6, 6.07) is 0. The number of hydrogen-bond acceptors (Lipinski definition) is 1. The highest BCUT2D eigenvalue weighted by atomic mass is 16.2. The third-order valence-corrected chi connectivity index (χ3v) is 7.19. The Bertz CT molecular complexity index is 371. The smallest absolute Gasteiger partial charge is 0.264 e. The minimum Gasteiger partial charge on any atom is -0.270 e. The van der Waals surface area contributed by atoms with Gasteiger partial charge in [0.1, 0.15) is 0 Å². The van der Waals surface area contributed by atoms with Crippen LogP contribution in [-0.2, 0) is 4.79 Å². The molecule has 1 amide bonds. The van der Waals surface area contributed by atoms with Crippen molar-refractivity contribution in [2.45, 2.75) is 156 Å². The van der Waals surface area contributed by atoms with Crippen LogP contribution in [0.3, 0.4) is 0 Å². The van der Waals surface area contributed by atoms with Crippen molar-refractivity contribution in [2.75, 3.05) is 19.6 Å². The van der Waals surface area contributed by atoms with Crippen LogP contribution in [0.4, 0.5) is 0 Å². The lowest BCUT2D eigenvalue weighted by atomic mass is 10.0. The molecule has 0 atom stereocenters. The van der Waals surface area contributed by atoms with Crippen molar-refractivity contribution in [1.82, 2.24) is 5.43 Å². The van der Waals surface area contributed by atoms with Crippen molar-refractivity contribution in [3.05, 3.63) is 0 Å². The summed E-state index contributed by atoms with van der Waals surface area (Å²) < 4.78 is 0.720. The minimum atomic E-state index is 0.234. The zero-order valence-electron chi connectivity index (χ0n) is 22.1. The molecule has 0 aliphatic rings. The fourth-order valence-electron chi connectivity index (χ4n) is 4.59. The van der Waals surface area contributed by atoms with Gasteiger partial charge in [0.2, 0.25) is 0 Å². The SMILES string of the molecule is CCCCCCCCCCCCCCCCCCCCCC(=O)N[N+](CC)(CC)CC. The first-order chi connectivity index (χ1) is 15.1. The second-order valence-corrected chi connectivity index (χ2v) is 9.74. The maximum atomic E-state index is 12.2. The molecule has 0 rings (SSSR count). The van der Waals surface area contributed by atoms with Gasteiger partial charge in [0.15, 0.2) is 0 Å². The zero-order valence-corrected chi connectivity index (χ0v) is 22.1. The van der Waals surface area contributed by atoms with E-state index in [9.17, 15) is 4.79 Å². The lowest BCUT2D eigenvalue weighted by molar-refractivity contribution is -0.956. The summed E-state index contributed by atoms with van der Waals surface area (Å²) in [6.07, 6.45) is 27.1. The van der Waals surface area contributed by atoms with Crippen molar-refractivity contribution in [3.63, 3.8) is 0 Å². The van der Waals surface area contributed by atoms with Crippen LogP contribution >= 0.6 is 0 Å². The maximum Gasteiger partial charge on any atom is 0.264 e. The van der Waals surface area contributed by atoms with E-state index < -0.39 is 0 Å². The van der Waals surface area contributed by atoms with Crippen LogP contribution in [0.15, 0.2) is 0 Å². The van der Waals surface area contributed by atoms with Crippen LogP contribution < -0.4 is 5.43 Å². The predicted molar refractivity (Wildman–Crippen MR) is 138 cm³/mol. The molecule has 186 valence electrons. The molecule has 0 aromatic heterocycles. The Balaban J connectivity index is 3.29. The number of nitrogens with zero attached hydrogens (tertiary/aromatic N) is 1. The van der Waals surface area contributed by atoms with Crippen molar-refractivity contribution in [2.24, 2.45) is 0 Å². The van der Waals surface area contributed by atoms with Gasteiger partial charge in [-0.2, -0.15) is 0 Å². The van der Waals surface area contributed by atoms with Gasteiger partial charge in [0.25, 0.3) is 5.91 Å². The van der Waals surface area contributed by atoms with Crippen LogP contribution in [0.2, 0.25) is 0 Å². The van der Waals surface area contributed by atoms with E-state index in [4.69, 9.17) is 0 Å².